The topological polar surface area (TPSA) is 68.3 Å². The second-order valence-electron chi connectivity index (χ2n) is 6.42. The smallest absolute Gasteiger partial charge is 0.337 e. The molecule has 0 spiro atoms. The molecule has 1 fully saturated rings. The summed E-state index contributed by atoms with van der Waals surface area (Å²) in [5.41, 5.74) is 2.09. The molecule has 7 nitrogen and oxygen atoms in total. The van der Waals surface area contributed by atoms with Gasteiger partial charge in [-0.15, -0.1) is 0 Å². The van der Waals surface area contributed by atoms with E-state index in [9.17, 15) is 9.59 Å². The summed E-state index contributed by atoms with van der Waals surface area (Å²) in [5, 5.41) is 0. The van der Waals surface area contributed by atoms with Gasteiger partial charge in [-0.3, -0.25) is 4.79 Å². The molecule has 3 rings (SSSR count). The zero-order valence-corrected chi connectivity index (χ0v) is 16.3. The van der Waals surface area contributed by atoms with E-state index in [2.05, 4.69) is 4.90 Å². The van der Waals surface area contributed by atoms with Crippen molar-refractivity contribution in [3.63, 3.8) is 0 Å². The molecule has 1 aliphatic rings. The van der Waals surface area contributed by atoms with Gasteiger partial charge in [0, 0.05) is 43.5 Å². The number of carbonyl (C=O) groups is 2. The number of nitrogens with zero attached hydrogens (tertiary/aromatic N) is 2. The maximum absolute atomic E-state index is 12.9. The Morgan fingerprint density at radius 1 is 0.786 bits per heavy atom. The molecule has 2 aromatic carbocycles. The Labute approximate surface area is 164 Å². The number of anilines is 1. The standard InChI is InChI=1S/C21H24N2O5/c1-26-18-12-16(13-19(14-18)27-2)20(24)23-10-8-22(9-11-23)17-6-4-15(5-7-17)21(25)28-3/h4-7,12-14H,8-11H2,1-3H3. The summed E-state index contributed by atoms with van der Waals surface area (Å²) in [6, 6.07) is 12.5. The third kappa shape index (κ3) is 4.19. The van der Waals surface area contributed by atoms with E-state index in [1.54, 1.807) is 44.6 Å². The van der Waals surface area contributed by atoms with Gasteiger partial charge in [-0.1, -0.05) is 0 Å². The number of esters is 1. The highest BCUT2D eigenvalue weighted by Gasteiger charge is 2.23. The first-order valence-corrected chi connectivity index (χ1v) is 9.01. The number of carbonyl (C=O) groups excluding carboxylic acids is 2. The first kappa shape index (κ1) is 19.5. The van der Waals surface area contributed by atoms with Crippen LogP contribution in [0.15, 0.2) is 42.5 Å². The van der Waals surface area contributed by atoms with Crippen molar-refractivity contribution in [3.05, 3.63) is 53.6 Å². The number of hydrogen-bond acceptors (Lipinski definition) is 6. The molecule has 1 heterocycles. The van der Waals surface area contributed by atoms with Crippen molar-refractivity contribution in [3.8, 4) is 11.5 Å². The Hall–Kier alpha value is -3.22. The lowest BCUT2D eigenvalue weighted by Gasteiger charge is -2.36. The number of ether oxygens (including phenoxy) is 3. The largest absolute Gasteiger partial charge is 0.497 e. The van der Waals surface area contributed by atoms with Gasteiger partial charge in [0.05, 0.1) is 26.9 Å². The van der Waals surface area contributed by atoms with Crippen molar-refractivity contribution in [2.24, 2.45) is 0 Å². The number of piperazine rings is 1. The Kier molecular flexibility index (Phi) is 6.03. The van der Waals surface area contributed by atoms with Gasteiger partial charge >= 0.3 is 5.97 Å². The fourth-order valence-corrected chi connectivity index (χ4v) is 3.21. The minimum Gasteiger partial charge on any atom is -0.497 e. The number of hydrogen-bond donors (Lipinski definition) is 0. The Bertz CT molecular complexity index is 820. The van der Waals surface area contributed by atoms with Gasteiger partial charge in [0.2, 0.25) is 0 Å². The molecule has 28 heavy (non-hydrogen) atoms. The predicted molar refractivity (Wildman–Crippen MR) is 105 cm³/mol. The molecule has 1 saturated heterocycles. The second kappa shape index (κ2) is 8.65. The lowest BCUT2D eigenvalue weighted by molar-refractivity contribution is 0.0600. The summed E-state index contributed by atoms with van der Waals surface area (Å²) in [5.74, 6) is 0.785. The molecule has 1 aliphatic heterocycles. The number of rotatable bonds is 5. The molecule has 0 atom stereocenters. The van der Waals surface area contributed by atoms with Crippen molar-refractivity contribution >= 4 is 17.6 Å². The van der Waals surface area contributed by atoms with Gasteiger partial charge in [0.1, 0.15) is 11.5 Å². The first-order chi connectivity index (χ1) is 13.5. The summed E-state index contributed by atoms with van der Waals surface area (Å²) < 4.78 is 15.2. The quantitative estimate of drug-likeness (QED) is 0.738. The lowest BCUT2D eigenvalue weighted by Crippen LogP contribution is -2.48. The minimum absolute atomic E-state index is 0.0436. The van der Waals surface area contributed by atoms with E-state index in [0.29, 0.717) is 48.8 Å². The number of amides is 1. The van der Waals surface area contributed by atoms with Crippen LogP contribution < -0.4 is 14.4 Å². The van der Waals surface area contributed by atoms with Crippen LogP contribution in [0.4, 0.5) is 5.69 Å². The zero-order chi connectivity index (χ0) is 20.1. The van der Waals surface area contributed by atoms with Crippen molar-refractivity contribution < 1.29 is 23.8 Å². The van der Waals surface area contributed by atoms with Crippen LogP contribution in [-0.4, -0.2) is 64.3 Å². The van der Waals surface area contributed by atoms with Crippen LogP contribution in [0.5, 0.6) is 11.5 Å². The van der Waals surface area contributed by atoms with E-state index in [-0.39, 0.29) is 11.9 Å². The molecule has 2 aromatic rings. The zero-order valence-electron chi connectivity index (χ0n) is 16.3. The summed E-state index contributed by atoms with van der Waals surface area (Å²) in [6.07, 6.45) is 0. The summed E-state index contributed by atoms with van der Waals surface area (Å²) in [7, 11) is 4.49. The molecule has 0 saturated carbocycles. The van der Waals surface area contributed by atoms with Gasteiger partial charge in [-0.05, 0) is 36.4 Å². The highest BCUT2D eigenvalue weighted by molar-refractivity contribution is 5.95. The van der Waals surface area contributed by atoms with Crippen LogP contribution in [0.2, 0.25) is 0 Å². The summed E-state index contributed by atoms with van der Waals surface area (Å²) in [6.45, 7) is 2.64. The maximum Gasteiger partial charge on any atom is 0.337 e. The fourth-order valence-electron chi connectivity index (χ4n) is 3.21. The highest BCUT2D eigenvalue weighted by atomic mass is 16.5. The number of methoxy groups -OCH3 is 3. The molecule has 148 valence electrons. The predicted octanol–water partition coefficient (Wildman–Crippen LogP) is 2.45. The fraction of sp³-hybridized carbons (Fsp3) is 0.333. The Morgan fingerprint density at radius 2 is 1.36 bits per heavy atom. The monoisotopic (exact) mass is 384 g/mol. The van der Waals surface area contributed by atoms with Crippen LogP contribution in [0.3, 0.4) is 0 Å². The van der Waals surface area contributed by atoms with Gasteiger partial charge in [0.25, 0.3) is 5.91 Å². The molecule has 0 radical (unpaired) electrons. The average molecular weight is 384 g/mol. The van der Waals surface area contributed by atoms with Crippen molar-refractivity contribution in [1.29, 1.82) is 0 Å². The SMILES string of the molecule is COC(=O)c1ccc(N2CCN(C(=O)c3cc(OC)cc(OC)c3)CC2)cc1. The average Bonchev–Trinajstić information content (AvgIpc) is 2.77. The van der Waals surface area contributed by atoms with E-state index in [0.717, 1.165) is 5.69 Å². The Morgan fingerprint density at radius 3 is 1.86 bits per heavy atom. The van der Waals surface area contributed by atoms with E-state index >= 15 is 0 Å². The van der Waals surface area contributed by atoms with Crippen LogP contribution in [0.25, 0.3) is 0 Å². The van der Waals surface area contributed by atoms with Crippen molar-refractivity contribution in [2.75, 3.05) is 52.4 Å². The molecular formula is C21H24N2O5. The molecule has 7 heteroatoms. The van der Waals surface area contributed by atoms with Gasteiger partial charge in [0.15, 0.2) is 0 Å². The molecule has 0 aromatic heterocycles. The van der Waals surface area contributed by atoms with E-state index in [1.165, 1.54) is 7.11 Å². The van der Waals surface area contributed by atoms with Crippen LogP contribution in [-0.2, 0) is 4.74 Å². The van der Waals surface area contributed by atoms with Crippen molar-refractivity contribution in [2.45, 2.75) is 0 Å². The first-order valence-electron chi connectivity index (χ1n) is 9.01. The third-order valence-electron chi connectivity index (χ3n) is 4.82. The number of benzene rings is 2. The van der Waals surface area contributed by atoms with Gasteiger partial charge < -0.3 is 24.0 Å². The molecule has 1 amide bonds. The third-order valence-corrected chi connectivity index (χ3v) is 4.82. The van der Waals surface area contributed by atoms with E-state index in [1.807, 2.05) is 17.0 Å². The van der Waals surface area contributed by atoms with E-state index in [4.69, 9.17) is 14.2 Å². The maximum atomic E-state index is 12.9. The molecule has 0 N–H and O–H groups in total. The van der Waals surface area contributed by atoms with E-state index < -0.39 is 0 Å². The van der Waals surface area contributed by atoms with Crippen molar-refractivity contribution in [1.82, 2.24) is 4.90 Å². The lowest BCUT2D eigenvalue weighted by atomic mass is 10.1. The normalized spacial score (nSPS) is 13.8. The molecule has 0 unspecified atom stereocenters. The van der Waals surface area contributed by atoms with Crippen LogP contribution in [0.1, 0.15) is 20.7 Å². The van der Waals surface area contributed by atoms with Gasteiger partial charge in [-0.2, -0.15) is 0 Å². The summed E-state index contributed by atoms with van der Waals surface area (Å²) >= 11 is 0. The molecule has 0 bridgehead atoms. The van der Waals surface area contributed by atoms with Crippen LogP contribution >= 0.6 is 0 Å². The van der Waals surface area contributed by atoms with Gasteiger partial charge in [-0.25, -0.2) is 4.79 Å². The highest BCUT2D eigenvalue weighted by Crippen LogP contribution is 2.24. The summed E-state index contributed by atoms with van der Waals surface area (Å²) in [4.78, 5) is 28.4. The van der Waals surface area contributed by atoms with Crippen LogP contribution in [0, 0.1) is 0 Å². The molecular weight excluding hydrogens is 360 g/mol. The second-order valence-corrected chi connectivity index (χ2v) is 6.42. The Balaban J connectivity index is 1.65. The minimum atomic E-state index is -0.351. The molecule has 0 aliphatic carbocycles.